The van der Waals surface area contributed by atoms with E-state index in [1.807, 2.05) is 0 Å². The van der Waals surface area contributed by atoms with Crippen molar-refractivity contribution in [3.63, 3.8) is 0 Å². The first kappa shape index (κ1) is 9.45. The van der Waals surface area contributed by atoms with Crippen LogP contribution in [0.5, 0.6) is 0 Å². The molecule has 2 aromatic rings. The van der Waals surface area contributed by atoms with Gasteiger partial charge in [-0.05, 0) is 12.1 Å². The van der Waals surface area contributed by atoms with E-state index in [1.165, 1.54) is 10.9 Å². The number of pyridine rings is 1. The fourth-order valence-electron chi connectivity index (χ4n) is 1.30. The maximum absolute atomic E-state index is 11.6. The summed E-state index contributed by atoms with van der Waals surface area (Å²) in [6, 6.07) is 3.31. The third-order valence-corrected chi connectivity index (χ3v) is 2.17. The van der Waals surface area contributed by atoms with E-state index in [9.17, 15) is 4.79 Å². The van der Waals surface area contributed by atoms with E-state index >= 15 is 0 Å². The number of hydrogen-bond donors (Lipinski definition) is 1. The van der Waals surface area contributed by atoms with E-state index in [0.717, 1.165) is 0 Å². The fourth-order valence-corrected chi connectivity index (χ4v) is 1.30. The Kier molecular flexibility index (Phi) is 2.24. The number of hydrogen-bond acceptors (Lipinski definition) is 4. The molecular formula is C9H11N5O. The molecule has 0 aliphatic rings. The van der Waals surface area contributed by atoms with E-state index < -0.39 is 0 Å². The van der Waals surface area contributed by atoms with Crippen LogP contribution in [-0.2, 0) is 13.6 Å². The molecule has 2 aromatic heterocycles. The average Bonchev–Trinajstić information content (AvgIpc) is 2.60. The molecule has 0 amide bonds. The van der Waals surface area contributed by atoms with Crippen molar-refractivity contribution < 1.29 is 0 Å². The van der Waals surface area contributed by atoms with Crippen molar-refractivity contribution in [1.82, 2.24) is 19.3 Å². The van der Waals surface area contributed by atoms with Crippen molar-refractivity contribution >= 4 is 5.69 Å². The molecule has 0 aliphatic heterocycles. The number of anilines is 1. The zero-order valence-electron chi connectivity index (χ0n) is 8.29. The lowest BCUT2D eigenvalue weighted by molar-refractivity contribution is 0.642. The van der Waals surface area contributed by atoms with E-state index in [0.29, 0.717) is 12.4 Å². The third kappa shape index (κ3) is 1.74. The van der Waals surface area contributed by atoms with Crippen LogP contribution in [0.3, 0.4) is 0 Å². The SMILES string of the molecule is Cn1ncnc1Cn1cccc(N)c1=O. The Labute approximate surface area is 86.0 Å². The number of nitrogens with zero attached hydrogens (tertiary/aromatic N) is 4. The summed E-state index contributed by atoms with van der Waals surface area (Å²) in [6.45, 7) is 0.375. The standard InChI is InChI=1S/C9H11N5O/c1-13-8(11-6-12-13)5-14-4-2-3-7(10)9(14)15/h2-4,6H,5,10H2,1H3. The molecule has 0 unspecified atom stereocenters. The topological polar surface area (TPSA) is 78.7 Å². The lowest BCUT2D eigenvalue weighted by Crippen LogP contribution is -2.23. The van der Waals surface area contributed by atoms with Crippen LogP contribution in [0.4, 0.5) is 5.69 Å². The van der Waals surface area contributed by atoms with Gasteiger partial charge in [0, 0.05) is 13.2 Å². The Morgan fingerprint density at radius 2 is 2.33 bits per heavy atom. The molecule has 15 heavy (non-hydrogen) atoms. The van der Waals surface area contributed by atoms with Crippen LogP contribution in [-0.4, -0.2) is 19.3 Å². The molecule has 0 fully saturated rings. The summed E-state index contributed by atoms with van der Waals surface area (Å²) >= 11 is 0. The van der Waals surface area contributed by atoms with Crippen LogP contribution < -0.4 is 11.3 Å². The maximum atomic E-state index is 11.6. The summed E-state index contributed by atoms with van der Waals surface area (Å²) in [7, 11) is 1.78. The summed E-state index contributed by atoms with van der Waals surface area (Å²) in [5.74, 6) is 0.711. The van der Waals surface area contributed by atoms with Crippen LogP contribution in [0.25, 0.3) is 0 Å². The third-order valence-electron chi connectivity index (χ3n) is 2.17. The molecule has 2 heterocycles. The molecule has 0 aliphatic carbocycles. The van der Waals surface area contributed by atoms with E-state index in [2.05, 4.69) is 10.1 Å². The van der Waals surface area contributed by atoms with Gasteiger partial charge in [-0.2, -0.15) is 5.10 Å². The first-order valence-electron chi connectivity index (χ1n) is 4.46. The molecule has 0 saturated heterocycles. The highest BCUT2D eigenvalue weighted by Gasteiger charge is 2.04. The van der Waals surface area contributed by atoms with Crippen molar-refractivity contribution in [2.24, 2.45) is 7.05 Å². The first-order valence-corrected chi connectivity index (χ1v) is 4.46. The van der Waals surface area contributed by atoms with Gasteiger partial charge in [0.15, 0.2) is 0 Å². The molecule has 2 N–H and O–H groups in total. The Morgan fingerprint density at radius 1 is 1.53 bits per heavy atom. The second-order valence-corrected chi connectivity index (χ2v) is 3.20. The van der Waals surface area contributed by atoms with Crippen molar-refractivity contribution in [2.45, 2.75) is 6.54 Å². The Balaban J connectivity index is 2.37. The lowest BCUT2D eigenvalue weighted by atomic mass is 10.4. The molecule has 0 saturated carbocycles. The van der Waals surface area contributed by atoms with Crippen LogP contribution in [0, 0.1) is 0 Å². The minimum Gasteiger partial charge on any atom is -0.394 e. The lowest BCUT2D eigenvalue weighted by Gasteiger charge is -2.04. The highest BCUT2D eigenvalue weighted by Crippen LogP contribution is 1.96. The predicted octanol–water partition coefficient (Wildman–Crippen LogP) is -0.393. The number of rotatable bonds is 2. The van der Waals surface area contributed by atoms with Crippen molar-refractivity contribution in [3.05, 3.63) is 40.8 Å². The summed E-state index contributed by atoms with van der Waals surface area (Å²) in [4.78, 5) is 15.6. The minimum atomic E-state index is -0.208. The van der Waals surface area contributed by atoms with Crippen molar-refractivity contribution in [2.75, 3.05) is 5.73 Å². The van der Waals surface area contributed by atoms with Gasteiger partial charge in [0.05, 0.1) is 12.2 Å². The van der Waals surface area contributed by atoms with Crippen LogP contribution in [0.2, 0.25) is 0 Å². The van der Waals surface area contributed by atoms with Gasteiger partial charge < -0.3 is 10.3 Å². The van der Waals surface area contributed by atoms with E-state index in [1.54, 1.807) is 30.1 Å². The molecule has 0 spiro atoms. The quantitative estimate of drug-likeness (QED) is 0.724. The van der Waals surface area contributed by atoms with E-state index in [4.69, 9.17) is 5.73 Å². The van der Waals surface area contributed by atoms with Crippen LogP contribution in [0.1, 0.15) is 5.82 Å². The number of aryl methyl sites for hydroxylation is 1. The van der Waals surface area contributed by atoms with Gasteiger partial charge in [0.2, 0.25) is 0 Å². The van der Waals surface area contributed by atoms with Gasteiger partial charge in [0.1, 0.15) is 12.2 Å². The highest BCUT2D eigenvalue weighted by molar-refractivity contribution is 5.33. The molecule has 0 atom stereocenters. The van der Waals surface area contributed by atoms with Gasteiger partial charge in [-0.1, -0.05) is 0 Å². The molecule has 78 valence electrons. The molecule has 6 heteroatoms. The molecule has 0 bridgehead atoms. The number of aromatic nitrogens is 4. The molecule has 0 radical (unpaired) electrons. The second-order valence-electron chi connectivity index (χ2n) is 3.20. The van der Waals surface area contributed by atoms with Gasteiger partial charge >= 0.3 is 0 Å². The van der Waals surface area contributed by atoms with Crippen LogP contribution in [0.15, 0.2) is 29.5 Å². The predicted molar refractivity (Wildman–Crippen MR) is 55.2 cm³/mol. The van der Waals surface area contributed by atoms with Crippen molar-refractivity contribution in [1.29, 1.82) is 0 Å². The van der Waals surface area contributed by atoms with Crippen LogP contribution >= 0.6 is 0 Å². The summed E-state index contributed by atoms with van der Waals surface area (Å²) < 4.78 is 3.12. The zero-order chi connectivity index (χ0) is 10.8. The van der Waals surface area contributed by atoms with Gasteiger partial charge in [-0.15, -0.1) is 0 Å². The Bertz CT molecular complexity index is 527. The van der Waals surface area contributed by atoms with E-state index in [-0.39, 0.29) is 11.2 Å². The number of nitrogen functional groups attached to an aromatic ring is 1. The average molecular weight is 205 g/mol. The summed E-state index contributed by atoms with van der Waals surface area (Å²) in [5, 5.41) is 3.92. The smallest absolute Gasteiger partial charge is 0.274 e. The molecule has 6 nitrogen and oxygen atoms in total. The zero-order valence-corrected chi connectivity index (χ0v) is 8.29. The first-order chi connectivity index (χ1) is 7.18. The minimum absolute atomic E-state index is 0.208. The Morgan fingerprint density at radius 3 is 3.00 bits per heavy atom. The summed E-state index contributed by atoms with van der Waals surface area (Å²) in [6.07, 6.45) is 3.13. The molecular weight excluding hydrogens is 194 g/mol. The highest BCUT2D eigenvalue weighted by atomic mass is 16.1. The van der Waals surface area contributed by atoms with Gasteiger partial charge in [-0.3, -0.25) is 9.48 Å². The monoisotopic (exact) mass is 205 g/mol. The largest absolute Gasteiger partial charge is 0.394 e. The summed E-state index contributed by atoms with van der Waals surface area (Å²) in [5.41, 5.74) is 5.54. The Hall–Kier alpha value is -2.11. The second kappa shape index (κ2) is 3.56. The fraction of sp³-hybridized carbons (Fsp3) is 0.222. The van der Waals surface area contributed by atoms with Gasteiger partial charge in [-0.25, -0.2) is 4.98 Å². The maximum Gasteiger partial charge on any atom is 0.274 e. The molecule has 2 rings (SSSR count). The number of nitrogens with two attached hydrogens (primary N) is 1. The molecule has 0 aromatic carbocycles. The normalized spacial score (nSPS) is 10.5. The van der Waals surface area contributed by atoms with Crippen molar-refractivity contribution in [3.8, 4) is 0 Å². The van der Waals surface area contributed by atoms with Gasteiger partial charge in [0.25, 0.3) is 5.56 Å².